The molecule has 0 saturated carbocycles. The van der Waals surface area contributed by atoms with Gasteiger partial charge >= 0.3 is 0 Å². The molecule has 1 heterocycles. The van der Waals surface area contributed by atoms with Crippen molar-refractivity contribution >= 4 is 10.1 Å². The first-order valence-corrected chi connectivity index (χ1v) is 24.8. The minimum absolute atomic E-state index is 0.0861. The van der Waals surface area contributed by atoms with Crippen LogP contribution in [0.2, 0.25) is 0 Å². The molecule has 1 aliphatic rings. The van der Waals surface area contributed by atoms with Crippen LogP contribution in [0, 0.1) is 0 Å². The quantitative estimate of drug-likeness (QED) is 0.0472. The Morgan fingerprint density at radius 1 is 0.485 bits per heavy atom. The smallest absolute Gasteiger partial charge is 0.264 e. The summed E-state index contributed by atoms with van der Waals surface area (Å²) in [6.07, 6.45) is -6.52. The molecule has 8 atom stereocenters. The summed E-state index contributed by atoms with van der Waals surface area (Å²) in [7, 11) is -4.14. The largest absolute Gasteiger partial charge is 0.396 e. The lowest BCUT2D eigenvalue weighted by Gasteiger charge is -2.46. The maximum Gasteiger partial charge on any atom is 0.264 e. The molecule has 1 fully saturated rings. The molecule has 12 nitrogen and oxygen atoms in total. The number of aliphatic hydroxyl groups is 1. The van der Waals surface area contributed by atoms with Crippen molar-refractivity contribution in [3.05, 3.63) is 215 Å². The lowest BCUT2D eigenvalue weighted by atomic mass is 9.97. The average Bonchev–Trinajstić information content (AvgIpc) is 3.37. The van der Waals surface area contributed by atoms with Crippen LogP contribution < -0.4 is 0 Å². The summed E-state index contributed by atoms with van der Waals surface area (Å²) in [4.78, 5) is 0. The van der Waals surface area contributed by atoms with E-state index >= 15 is 0 Å². The Morgan fingerprint density at radius 3 is 1.32 bits per heavy atom. The molecule has 0 unspecified atom stereocenters. The highest BCUT2D eigenvalue weighted by Crippen LogP contribution is 2.33. The molecule has 0 aromatic heterocycles. The van der Waals surface area contributed by atoms with E-state index in [1.807, 2.05) is 182 Å². The van der Waals surface area contributed by atoms with Crippen LogP contribution in [0.25, 0.3) is 0 Å². The van der Waals surface area contributed by atoms with Crippen molar-refractivity contribution in [3.8, 4) is 0 Å². The molecule has 7 rings (SSSR count). The van der Waals surface area contributed by atoms with E-state index in [1.165, 1.54) is 0 Å². The third-order valence-electron chi connectivity index (χ3n) is 11.3. The average molecular weight is 947 g/mol. The molecule has 0 radical (unpaired) electrons. The standard InChI is InChI=1S/C55H62O12S/c1-68(57,58)67-50(51(61-36-44-24-12-4-13-25-44)48(32-33-56)60-35-43-22-10-3-11-23-43)41-65-55-54(64-39-47-30-18-7-19-31-47)53(63-38-46-28-16-6-17-29-46)52(62-37-45-26-14-5-15-27-45)49(66-55)40-59-34-42-20-8-2-9-21-42/h2-31,48-56H,32-41H2,1H3/t48-,49-,50-,51+,52+,53+,54-,55+/m1/s1. The van der Waals surface area contributed by atoms with Crippen molar-refractivity contribution in [2.24, 2.45) is 0 Å². The molecule has 0 spiro atoms. The molecule has 0 amide bonds. The van der Waals surface area contributed by atoms with Crippen LogP contribution >= 0.6 is 0 Å². The maximum atomic E-state index is 13.2. The number of ether oxygens (including phenoxy) is 8. The minimum Gasteiger partial charge on any atom is -0.396 e. The highest BCUT2D eigenvalue weighted by molar-refractivity contribution is 7.86. The van der Waals surface area contributed by atoms with Gasteiger partial charge in [0, 0.05) is 6.61 Å². The summed E-state index contributed by atoms with van der Waals surface area (Å²) in [6.45, 7) is 0.633. The molecular formula is C55H62O12S. The summed E-state index contributed by atoms with van der Waals surface area (Å²) in [5.41, 5.74) is 5.49. The number of rotatable bonds is 28. The molecule has 0 bridgehead atoms. The van der Waals surface area contributed by atoms with Gasteiger partial charge in [0.15, 0.2) is 6.29 Å². The van der Waals surface area contributed by atoms with Gasteiger partial charge in [-0.1, -0.05) is 182 Å². The van der Waals surface area contributed by atoms with Crippen LogP contribution in [0.4, 0.5) is 0 Å². The van der Waals surface area contributed by atoms with E-state index < -0.39 is 59.1 Å². The Morgan fingerprint density at radius 2 is 0.882 bits per heavy atom. The number of hydrogen-bond acceptors (Lipinski definition) is 12. The Bertz CT molecular complexity index is 2380. The zero-order valence-corrected chi connectivity index (χ0v) is 39.2. The van der Waals surface area contributed by atoms with Gasteiger partial charge in [0.05, 0.1) is 65.2 Å². The van der Waals surface area contributed by atoms with Crippen molar-refractivity contribution in [2.75, 3.05) is 26.1 Å². The van der Waals surface area contributed by atoms with Gasteiger partial charge in [0.2, 0.25) is 0 Å². The van der Waals surface area contributed by atoms with Crippen LogP contribution in [0.1, 0.15) is 39.8 Å². The molecule has 360 valence electrons. The van der Waals surface area contributed by atoms with Crippen molar-refractivity contribution in [1.29, 1.82) is 0 Å². The highest BCUT2D eigenvalue weighted by Gasteiger charge is 2.50. The summed E-state index contributed by atoms with van der Waals surface area (Å²) in [5, 5.41) is 10.4. The zero-order valence-electron chi connectivity index (χ0n) is 38.4. The molecule has 0 aliphatic carbocycles. The molecule has 1 aliphatic heterocycles. The third-order valence-corrected chi connectivity index (χ3v) is 11.9. The first-order chi connectivity index (χ1) is 33.3. The highest BCUT2D eigenvalue weighted by atomic mass is 32.2. The monoisotopic (exact) mass is 946 g/mol. The van der Waals surface area contributed by atoms with Crippen LogP contribution in [0.5, 0.6) is 0 Å². The lowest BCUT2D eigenvalue weighted by Crippen LogP contribution is -2.62. The van der Waals surface area contributed by atoms with Crippen LogP contribution in [0.15, 0.2) is 182 Å². The third kappa shape index (κ3) is 16.5. The summed E-state index contributed by atoms with van der Waals surface area (Å²) < 4.78 is 85.9. The number of benzene rings is 6. The number of aliphatic hydroxyl groups excluding tert-OH is 1. The van der Waals surface area contributed by atoms with E-state index in [0.29, 0.717) is 6.61 Å². The summed E-state index contributed by atoms with van der Waals surface area (Å²) >= 11 is 0. The second-order valence-corrected chi connectivity index (χ2v) is 18.2. The molecule has 6 aromatic rings. The lowest BCUT2D eigenvalue weighted by molar-refractivity contribution is -0.332. The minimum atomic E-state index is -4.14. The van der Waals surface area contributed by atoms with Crippen molar-refractivity contribution in [2.45, 2.75) is 95.1 Å². The normalized spacial score (nSPS) is 19.8. The van der Waals surface area contributed by atoms with E-state index in [9.17, 15) is 13.5 Å². The summed E-state index contributed by atoms with van der Waals surface area (Å²) in [6, 6.07) is 58.3. The van der Waals surface area contributed by atoms with Crippen LogP contribution in [-0.2, 0) is 91.8 Å². The Balaban J connectivity index is 1.24. The fourth-order valence-electron chi connectivity index (χ4n) is 7.94. The van der Waals surface area contributed by atoms with E-state index in [4.69, 9.17) is 42.1 Å². The molecular weight excluding hydrogens is 885 g/mol. The Labute approximate surface area is 400 Å². The van der Waals surface area contributed by atoms with E-state index in [-0.39, 0.29) is 59.3 Å². The molecule has 13 heteroatoms. The molecule has 68 heavy (non-hydrogen) atoms. The molecule has 1 saturated heterocycles. The SMILES string of the molecule is CS(=O)(=O)O[C@H](CO[C@H]1O[C@H](COCc2ccccc2)[C@H](OCc2ccccc2)[C@H](OCc2ccccc2)[C@H]1OCc1ccccc1)[C@@H](OCc1ccccc1)[C@@H](CCO)OCc1ccccc1. The van der Waals surface area contributed by atoms with Gasteiger partial charge in [-0.05, 0) is 39.8 Å². The zero-order chi connectivity index (χ0) is 47.2. The maximum absolute atomic E-state index is 13.2. The van der Waals surface area contributed by atoms with E-state index in [2.05, 4.69) is 0 Å². The molecule has 6 aromatic carbocycles. The second-order valence-electron chi connectivity index (χ2n) is 16.6. The van der Waals surface area contributed by atoms with Crippen molar-refractivity contribution < 1.29 is 55.6 Å². The van der Waals surface area contributed by atoms with Gasteiger partial charge in [-0.25, -0.2) is 0 Å². The van der Waals surface area contributed by atoms with Gasteiger partial charge in [0.25, 0.3) is 10.1 Å². The second kappa shape index (κ2) is 27.2. The summed E-state index contributed by atoms with van der Waals surface area (Å²) in [5.74, 6) is 0. The molecule has 1 N–H and O–H groups in total. The van der Waals surface area contributed by atoms with Gasteiger partial charge < -0.3 is 43.0 Å². The Hall–Kier alpha value is -5.13. The van der Waals surface area contributed by atoms with E-state index in [0.717, 1.165) is 39.6 Å². The van der Waals surface area contributed by atoms with E-state index in [1.54, 1.807) is 0 Å². The van der Waals surface area contributed by atoms with Gasteiger partial charge in [-0.2, -0.15) is 8.42 Å². The van der Waals surface area contributed by atoms with Crippen molar-refractivity contribution in [1.82, 2.24) is 0 Å². The van der Waals surface area contributed by atoms with Crippen molar-refractivity contribution in [3.63, 3.8) is 0 Å². The van der Waals surface area contributed by atoms with Gasteiger partial charge in [-0.3, -0.25) is 4.18 Å². The topological polar surface area (TPSA) is 137 Å². The van der Waals surface area contributed by atoms with Crippen LogP contribution in [0.3, 0.4) is 0 Å². The fraction of sp³-hybridized carbons (Fsp3) is 0.345. The first kappa shape index (κ1) is 50.7. The Kier molecular flexibility index (Phi) is 20.3. The predicted octanol–water partition coefficient (Wildman–Crippen LogP) is 8.60. The number of hydrogen-bond donors (Lipinski definition) is 1. The van der Waals surface area contributed by atoms with Gasteiger partial charge in [-0.15, -0.1) is 0 Å². The van der Waals surface area contributed by atoms with Crippen LogP contribution in [-0.4, -0.2) is 88.6 Å². The fourth-order valence-corrected chi connectivity index (χ4v) is 8.55. The van der Waals surface area contributed by atoms with Gasteiger partial charge in [0.1, 0.15) is 36.6 Å². The predicted molar refractivity (Wildman–Crippen MR) is 257 cm³/mol. The first-order valence-electron chi connectivity index (χ1n) is 23.0.